The van der Waals surface area contributed by atoms with Gasteiger partial charge in [0.1, 0.15) is 11.5 Å². The molecule has 4 nitrogen and oxygen atoms in total. The Hall–Kier alpha value is -2.63. The third kappa shape index (κ3) is 2.91. The third-order valence-electron chi connectivity index (χ3n) is 5.63. The maximum Gasteiger partial charge on any atom is 0.258 e. The van der Waals surface area contributed by atoms with Crippen LogP contribution in [0.15, 0.2) is 57.1 Å². The molecule has 0 saturated heterocycles. The van der Waals surface area contributed by atoms with E-state index >= 15 is 0 Å². The zero-order valence-electron chi connectivity index (χ0n) is 16.1. The van der Waals surface area contributed by atoms with Crippen molar-refractivity contribution in [3.8, 4) is 11.1 Å². The van der Waals surface area contributed by atoms with Gasteiger partial charge in [-0.05, 0) is 36.8 Å². The van der Waals surface area contributed by atoms with E-state index < -0.39 is 0 Å². The van der Waals surface area contributed by atoms with Gasteiger partial charge in [-0.1, -0.05) is 18.2 Å². The first-order chi connectivity index (χ1) is 13.6. The molecule has 0 atom stereocenters. The Balaban J connectivity index is 1.54. The largest absolute Gasteiger partial charge is 0.465 e. The molecule has 142 valence electrons. The second-order valence-corrected chi connectivity index (χ2v) is 8.42. The van der Waals surface area contributed by atoms with Gasteiger partial charge < -0.3 is 8.98 Å². The number of hydrogen-bond donors (Lipinski definition) is 0. The molecule has 1 aliphatic heterocycles. The van der Waals surface area contributed by atoms with E-state index in [4.69, 9.17) is 4.42 Å². The minimum atomic E-state index is 0.0948. The summed E-state index contributed by atoms with van der Waals surface area (Å²) in [6, 6.07) is 14.5. The predicted octanol–water partition coefficient (Wildman–Crippen LogP) is 4.73. The van der Waals surface area contributed by atoms with Crippen LogP contribution in [0.5, 0.6) is 0 Å². The Labute approximate surface area is 167 Å². The number of hydrogen-bond acceptors (Lipinski definition) is 4. The molecular formula is C23H22N2O2S. The summed E-state index contributed by atoms with van der Waals surface area (Å²) in [4.78, 5) is 15.5. The van der Waals surface area contributed by atoms with Gasteiger partial charge in [0, 0.05) is 58.8 Å². The summed E-state index contributed by atoms with van der Waals surface area (Å²) in [5.74, 6) is 1.94. The number of aryl methyl sites for hydroxylation is 1. The maximum absolute atomic E-state index is 13.1. The quantitative estimate of drug-likeness (QED) is 0.508. The summed E-state index contributed by atoms with van der Waals surface area (Å²) >= 11 is 1.69. The lowest BCUT2D eigenvalue weighted by atomic mass is 9.99. The molecule has 5 rings (SSSR count). The number of thiophene rings is 1. The van der Waals surface area contributed by atoms with Crippen molar-refractivity contribution < 1.29 is 4.42 Å². The molecule has 5 heteroatoms. The monoisotopic (exact) mass is 390 g/mol. The molecule has 0 N–H and O–H groups in total. The van der Waals surface area contributed by atoms with Crippen LogP contribution in [0.1, 0.15) is 22.8 Å². The highest BCUT2D eigenvalue weighted by Crippen LogP contribution is 2.33. The lowest BCUT2D eigenvalue weighted by Gasteiger charge is -2.29. The van der Waals surface area contributed by atoms with Gasteiger partial charge >= 0.3 is 0 Å². The molecule has 4 heterocycles. The Morgan fingerprint density at radius 1 is 1.14 bits per heavy atom. The third-order valence-corrected chi connectivity index (χ3v) is 6.60. The minimum Gasteiger partial charge on any atom is -0.465 e. The van der Waals surface area contributed by atoms with Crippen LogP contribution in [-0.4, -0.2) is 16.0 Å². The van der Waals surface area contributed by atoms with Gasteiger partial charge in [-0.15, -0.1) is 11.3 Å². The lowest BCUT2D eigenvalue weighted by Crippen LogP contribution is -2.35. The first-order valence-corrected chi connectivity index (χ1v) is 10.4. The molecule has 0 radical (unpaired) electrons. The van der Waals surface area contributed by atoms with Gasteiger partial charge in [0.05, 0.1) is 6.54 Å². The Morgan fingerprint density at radius 3 is 2.82 bits per heavy atom. The molecule has 4 aromatic rings. The number of fused-ring (bicyclic) bond motifs is 2. The fourth-order valence-corrected chi connectivity index (χ4v) is 5.15. The van der Waals surface area contributed by atoms with Gasteiger partial charge in [0.2, 0.25) is 0 Å². The van der Waals surface area contributed by atoms with Crippen LogP contribution in [0, 0.1) is 6.92 Å². The zero-order valence-corrected chi connectivity index (χ0v) is 16.9. The predicted molar refractivity (Wildman–Crippen MR) is 114 cm³/mol. The molecule has 0 aliphatic carbocycles. The number of pyridine rings is 1. The van der Waals surface area contributed by atoms with Crippen LogP contribution in [0.2, 0.25) is 0 Å². The topological polar surface area (TPSA) is 38.4 Å². The van der Waals surface area contributed by atoms with Crippen LogP contribution in [0.4, 0.5) is 0 Å². The Morgan fingerprint density at radius 2 is 2.00 bits per heavy atom. The molecule has 0 unspecified atom stereocenters. The molecule has 1 aliphatic rings. The summed E-state index contributed by atoms with van der Waals surface area (Å²) in [6.45, 7) is 4.54. The highest BCUT2D eigenvalue weighted by Gasteiger charge is 2.22. The van der Waals surface area contributed by atoms with Gasteiger partial charge in [0.15, 0.2) is 0 Å². The van der Waals surface area contributed by atoms with Crippen LogP contribution >= 0.6 is 11.3 Å². The number of furan rings is 1. The van der Waals surface area contributed by atoms with Crippen LogP contribution in [0.3, 0.4) is 0 Å². The normalized spacial score (nSPS) is 14.5. The van der Waals surface area contributed by atoms with E-state index in [1.54, 1.807) is 11.3 Å². The van der Waals surface area contributed by atoms with E-state index in [1.807, 2.05) is 36.7 Å². The van der Waals surface area contributed by atoms with Crippen molar-refractivity contribution >= 4 is 21.4 Å². The lowest BCUT2D eigenvalue weighted by molar-refractivity contribution is 0.220. The van der Waals surface area contributed by atoms with Gasteiger partial charge in [0.25, 0.3) is 5.56 Å². The summed E-state index contributed by atoms with van der Waals surface area (Å²) < 4.78 is 8.82. The van der Waals surface area contributed by atoms with E-state index in [0.29, 0.717) is 0 Å². The minimum absolute atomic E-state index is 0.0948. The van der Waals surface area contributed by atoms with E-state index in [1.165, 1.54) is 10.3 Å². The van der Waals surface area contributed by atoms with Crippen molar-refractivity contribution in [2.45, 2.75) is 26.4 Å². The van der Waals surface area contributed by atoms with E-state index in [0.717, 1.165) is 59.8 Å². The first-order valence-electron chi connectivity index (χ1n) is 9.56. The molecule has 0 saturated carbocycles. The van der Waals surface area contributed by atoms with Crippen molar-refractivity contribution in [2.75, 3.05) is 6.54 Å². The molecule has 0 amide bonds. The fourth-order valence-electron chi connectivity index (χ4n) is 4.19. The van der Waals surface area contributed by atoms with Crippen molar-refractivity contribution in [1.29, 1.82) is 0 Å². The Kier molecular flexibility index (Phi) is 4.22. The van der Waals surface area contributed by atoms with Gasteiger partial charge in [-0.2, -0.15) is 0 Å². The molecule has 0 spiro atoms. The second kappa shape index (κ2) is 6.76. The van der Waals surface area contributed by atoms with Crippen molar-refractivity contribution in [1.82, 2.24) is 9.47 Å². The summed E-state index contributed by atoms with van der Waals surface area (Å²) in [5, 5.41) is 3.27. The average Bonchev–Trinajstić information content (AvgIpc) is 3.30. The fraction of sp³-hybridized carbons (Fsp3) is 0.261. The standard InChI is InChI=1S/C23H22N2O2S/c1-15-7-8-17(27-15)13-25-10-9-21-16(12-25)11-19(23(26)24(21)2)20-14-28-22-6-4-3-5-18(20)22/h3-8,11,14H,9-10,12-13H2,1-2H3. The summed E-state index contributed by atoms with van der Waals surface area (Å²) in [6.07, 6.45) is 0.880. The summed E-state index contributed by atoms with van der Waals surface area (Å²) in [7, 11) is 1.91. The molecule has 3 aromatic heterocycles. The second-order valence-electron chi connectivity index (χ2n) is 7.51. The van der Waals surface area contributed by atoms with Gasteiger partial charge in [-0.25, -0.2) is 0 Å². The smallest absolute Gasteiger partial charge is 0.258 e. The zero-order chi connectivity index (χ0) is 19.3. The molecule has 0 bridgehead atoms. The SMILES string of the molecule is Cc1ccc(CN2CCc3c(cc(-c4csc5ccccc45)c(=O)n3C)C2)o1. The van der Waals surface area contributed by atoms with Crippen molar-refractivity contribution in [3.63, 3.8) is 0 Å². The number of benzene rings is 1. The van der Waals surface area contributed by atoms with Crippen molar-refractivity contribution in [3.05, 3.63) is 81.0 Å². The molecule has 0 fully saturated rings. The Bertz CT molecular complexity index is 1230. The molecule has 1 aromatic carbocycles. The average molecular weight is 391 g/mol. The highest BCUT2D eigenvalue weighted by molar-refractivity contribution is 7.17. The number of aromatic nitrogens is 1. The number of nitrogens with zero attached hydrogens (tertiary/aromatic N) is 2. The van der Waals surface area contributed by atoms with E-state index in [-0.39, 0.29) is 5.56 Å². The van der Waals surface area contributed by atoms with Crippen LogP contribution in [-0.2, 0) is 26.6 Å². The van der Waals surface area contributed by atoms with E-state index in [9.17, 15) is 4.79 Å². The van der Waals surface area contributed by atoms with Gasteiger partial charge in [-0.3, -0.25) is 9.69 Å². The summed E-state index contributed by atoms with van der Waals surface area (Å²) in [5.41, 5.74) is 4.33. The van der Waals surface area contributed by atoms with Crippen LogP contribution in [0.25, 0.3) is 21.2 Å². The van der Waals surface area contributed by atoms with Crippen LogP contribution < -0.4 is 5.56 Å². The maximum atomic E-state index is 13.1. The molecule has 28 heavy (non-hydrogen) atoms. The molecular weight excluding hydrogens is 368 g/mol. The van der Waals surface area contributed by atoms with Crippen molar-refractivity contribution in [2.24, 2.45) is 7.05 Å². The van der Waals surface area contributed by atoms with E-state index in [2.05, 4.69) is 34.5 Å². The first kappa shape index (κ1) is 17.5. The highest BCUT2D eigenvalue weighted by atomic mass is 32.1. The number of rotatable bonds is 3.